The molecule has 0 aliphatic carbocycles. The Kier molecular flexibility index (Phi) is 6.84. The van der Waals surface area contributed by atoms with Crippen molar-refractivity contribution >= 4 is 11.9 Å². The van der Waals surface area contributed by atoms with Gasteiger partial charge in [0.05, 0.1) is 12.3 Å². The smallest absolute Gasteiger partial charge is 0.304 e. The molecule has 19 heavy (non-hydrogen) atoms. The zero-order valence-corrected chi connectivity index (χ0v) is 12.0. The number of rotatable bonds is 7. The molecule has 1 aliphatic rings. The SMILES string of the molecule is CCCC(C)NC(=O)C1CCCN(CCC(=O)O)C1. The molecular weight excluding hydrogens is 244 g/mol. The Balaban J connectivity index is 2.36. The number of nitrogens with one attached hydrogen (secondary N) is 1. The van der Waals surface area contributed by atoms with E-state index in [-0.39, 0.29) is 24.3 Å². The fraction of sp³-hybridized carbons (Fsp3) is 0.857. The lowest BCUT2D eigenvalue weighted by Crippen LogP contribution is -2.45. The highest BCUT2D eigenvalue weighted by molar-refractivity contribution is 5.79. The van der Waals surface area contributed by atoms with Gasteiger partial charge in [-0.3, -0.25) is 9.59 Å². The summed E-state index contributed by atoms with van der Waals surface area (Å²) in [5.41, 5.74) is 0. The Morgan fingerprint density at radius 1 is 1.47 bits per heavy atom. The molecule has 2 atom stereocenters. The third-order valence-electron chi connectivity index (χ3n) is 3.63. The van der Waals surface area contributed by atoms with Crippen LogP contribution in [-0.4, -0.2) is 47.6 Å². The molecule has 0 spiro atoms. The maximum absolute atomic E-state index is 12.1. The number of likely N-dealkylation sites (tertiary alicyclic amines) is 1. The third kappa shape index (κ3) is 6.05. The van der Waals surface area contributed by atoms with Gasteiger partial charge in [0.25, 0.3) is 0 Å². The minimum Gasteiger partial charge on any atom is -0.481 e. The van der Waals surface area contributed by atoms with Crippen molar-refractivity contribution in [3.05, 3.63) is 0 Å². The highest BCUT2D eigenvalue weighted by Gasteiger charge is 2.26. The van der Waals surface area contributed by atoms with E-state index in [1.165, 1.54) is 0 Å². The zero-order valence-electron chi connectivity index (χ0n) is 12.0. The van der Waals surface area contributed by atoms with E-state index in [1.54, 1.807) is 0 Å². The lowest BCUT2D eigenvalue weighted by atomic mass is 9.96. The zero-order chi connectivity index (χ0) is 14.3. The predicted molar refractivity (Wildman–Crippen MR) is 73.9 cm³/mol. The summed E-state index contributed by atoms with van der Waals surface area (Å²) >= 11 is 0. The van der Waals surface area contributed by atoms with Crippen molar-refractivity contribution in [2.45, 2.75) is 52.0 Å². The van der Waals surface area contributed by atoms with Crippen molar-refractivity contribution in [2.75, 3.05) is 19.6 Å². The normalized spacial score (nSPS) is 21.9. The summed E-state index contributed by atoms with van der Waals surface area (Å²) < 4.78 is 0. The molecule has 2 N–H and O–H groups in total. The molecule has 0 aromatic carbocycles. The summed E-state index contributed by atoms with van der Waals surface area (Å²) in [4.78, 5) is 24.8. The summed E-state index contributed by atoms with van der Waals surface area (Å²) in [5, 5.41) is 11.7. The number of aliphatic carboxylic acids is 1. The summed E-state index contributed by atoms with van der Waals surface area (Å²) in [5.74, 6) is -0.633. The molecule has 1 amide bonds. The number of carboxylic acid groups (broad SMARTS) is 1. The number of amides is 1. The average molecular weight is 270 g/mol. The quantitative estimate of drug-likeness (QED) is 0.735. The Morgan fingerprint density at radius 2 is 2.21 bits per heavy atom. The maximum Gasteiger partial charge on any atom is 0.304 e. The maximum atomic E-state index is 12.1. The molecule has 5 heteroatoms. The van der Waals surface area contributed by atoms with Crippen molar-refractivity contribution in [3.8, 4) is 0 Å². The largest absolute Gasteiger partial charge is 0.481 e. The molecular formula is C14H26N2O3. The van der Waals surface area contributed by atoms with Gasteiger partial charge in [-0.15, -0.1) is 0 Å². The van der Waals surface area contributed by atoms with E-state index in [4.69, 9.17) is 5.11 Å². The number of hydrogen-bond donors (Lipinski definition) is 2. The van der Waals surface area contributed by atoms with Gasteiger partial charge in [-0.25, -0.2) is 0 Å². The predicted octanol–water partition coefficient (Wildman–Crippen LogP) is 1.48. The molecule has 0 radical (unpaired) electrons. The van der Waals surface area contributed by atoms with Gasteiger partial charge in [-0.05, 0) is 32.7 Å². The highest BCUT2D eigenvalue weighted by atomic mass is 16.4. The Bertz CT molecular complexity index is 307. The van der Waals surface area contributed by atoms with Crippen LogP contribution in [0.25, 0.3) is 0 Å². The molecule has 110 valence electrons. The highest BCUT2D eigenvalue weighted by Crippen LogP contribution is 2.17. The Morgan fingerprint density at radius 3 is 2.84 bits per heavy atom. The van der Waals surface area contributed by atoms with Crippen LogP contribution in [0.2, 0.25) is 0 Å². The van der Waals surface area contributed by atoms with Crippen LogP contribution < -0.4 is 5.32 Å². The molecule has 1 aliphatic heterocycles. The first kappa shape index (κ1) is 16.0. The van der Waals surface area contributed by atoms with Crippen LogP contribution in [0, 0.1) is 5.92 Å². The molecule has 0 saturated carbocycles. The molecule has 1 rings (SSSR count). The fourth-order valence-corrected chi connectivity index (χ4v) is 2.59. The lowest BCUT2D eigenvalue weighted by molar-refractivity contribution is -0.137. The van der Waals surface area contributed by atoms with Crippen LogP contribution in [0.5, 0.6) is 0 Å². The standard InChI is InChI=1S/C14H26N2O3/c1-3-5-11(2)15-14(19)12-6-4-8-16(10-12)9-7-13(17)18/h11-12H,3-10H2,1-2H3,(H,15,19)(H,17,18). The topological polar surface area (TPSA) is 69.6 Å². The second kappa shape index (κ2) is 8.15. The van der Waals surface area contributed by atoms with E-state index >= 15 is 0 Å². The van der Waals surface area contributed by atoms with Gasteiger partial charge >= 0.3 is 5.97 Å². The summed E-state index contributed by atoms with van der Waals surface area (Å²) in [6.07, 6.45) is 4.10. The second-order valence-electron chi connectivity index (χ2n) is 5.48. The number of nitrogens with zero attached hydrogens (tertiary/aromatic N) is 1. The first-order chi connectivity index (χ1) is 9.02. The van der Waals surface area contributed by atoms with Gasteiger partial charge in [-0.2, -0.15) is 0 Å². The van der Waals surface area contributed by atoms with Crippen molar-refractivity contribution in [3.63, 3.8) is 0 Å². The monoisotopic (exact) mass is 270 g/mol. The molecule has 1 heterocycles. The lowest BCUT2D eigenvalue weighted by Gasteiger charge is -2.32. The summed E-state index contributed by atoms with van der Waals surface area (Å²) in [6, 6.07) is 0.229. The van der Waals surface area contributed by atoms with Crippen LogP contribution in [0.3, 0.4) is 0 Å². The van der Waals surface area contributed by atoms with Crippen LogP contribution in [-0.2, 0) is 9.59 Å². The minimum absolute atomic E-state index is 0.0156. The van der Waals surface area contributed by atoms with E-state index < -0.39 is 5.97 Å². The van der Waals surface area contributed by atoms with E-state index in [2.05, 4.69) is 17.1 Å². The Labute approximate surface area is 115 Å². The van der Waals surface area contributed by atoms with Crippen molar-refractivity contribution in [1.82, 2.24) is 10.2 Å². The van der Waals surface area contributed by atoms with Crippen LogP contribution >= 0.6 is 0 Å². The molecule has 0 bridgehead atoms. The molecule has 2 unspecified atom stereocenters. The molecule has 0 aromatic rings. The first-order valence-electron chi connectivity index (χ1n) is 7.27. The van der Waals surface area contributed by atoms with E-state index in [1.807, 2.05) is 6.92 Å². The van der Waals surface area contributed by atoms with Crippen LogP contribution in [0.1, 0.15) is 46.0 Å². The minimum atomic E-state index is -0.775. The fourth-order valence-electron chi connectivity index (χ4n) is 2.59. The van der Waals surface area contributed by atoms with Gasteiger partial charge < -0.3 is 15.3 Å². The van der Waals surface area contributed by atoms with Crippen molar-refractivity contribution in [1.29, 1.82) is 0 Å². The molecule has 1 fully saturated rings. The van der Waals surface area contributed by atoms with E-state index in [9.17, 15) is 9.59 Å². The molecule has 5 nitrogen and oxygen atoms in total. The van der Waals surface area contributed by atoms with Crippen molar-refractivity contribution in [2.24, 2.45) is 5.92 Å². The summed E-state index contributed by atoms with van der Waals surface area (Å²) in [6.45, 7) is 6.28. The van der Waals surface area contributed by atoms with Gasteiger partial charge in [0.15, 0.2) is 0 Å². The van der Waals surface area contributed by atoms with Gasteiger partial charge in [-0.1, -0.05) is 13.3 Å². The van der Waals surface area contributed by atoms with Crippen LogP contribution in [0.4, 0.5) is 0 Å². The van der Waals surface area contributed by atoms with E-state index in [0.717, 1.165) is 32.2 Å². The molecule has 0 aromatic heterocycles. The number of carbonyl (C=O) groups excluding carboxylic acids is 1. The van der Waals surface area contributed by atoms with Crippen LogP contribution in [0.15, 0.2) is 0 Å². The first-order valence-corrected chi connectivity index (χ1v) is 7.27. The van der Waals surface area contributed by atoms with Gasteiger partial charge in [0, 0.05) is 19.1 Å². The summed E-state index contributed by atoms with van der Waals surface area (Å²) in [7, 11) is 0. The third-order valence-corrected chi connectivity index (χ3v) is 3.63. The van der Waals surface area contributed by atoms with Crippen molar-refractivity contribution < 1.29 is 14.7 Å². The van der Waals surface area contributed by atoms with E-state index in [0.29, 0.717) is 13.1 Å². The number of hydrogen-bond acceptors (Lipinski definition) is 3. The number of piperidine rings is 1. The Hall–Kier alpha value is -1.10. The second-order valence-corrected chi connectivity index (χ2v) is 5.48. The van der Waals surface area contributed by atoms with Gasteiger partial charge in [0.1, 0.15) is 0 Å². The van der Waals surface area contributed by atoms with Gasteiger partial charge in [0.2, 0.25) is 5.91 Å². The average Bonchev–Trinajstić information content (AvgIpc) is 2.37. The number of carbonyl (C=O) groups is 2. The number of carboxylic acids is 1. The molecule has 1 saturated heterocycles.